The van der Waals surface area contributed by atoms with Gasteiger partial charge in [-0.15, -0.1) is 0 Å². The van der Waals surface area contributed by atoms with E-state index in [-0.39, 0.29) is 0 Å². The van der Waals surface area contributed by atoms with Gasteiger partial charge in [0.05, 0.1) is 7.11 Å². The largest absolute Gasteiger partial charge is 0.481 e. The second-order valence-corrected chi connectivity index (χ2v) is 3.99. The third-order valence-corrected chi connectivity index (χ3v) is 2.60. The maximum absolute atomic E-state index is 5.09. The minimum absolute atomic E-state index is 0.552. The maximum atomic E-state index is 5.09. The summed E-state index contributed by atoms with van der Waals surface area (Å²) < 4.78 is 5.09. The Balaban J connectivity index is 2.55. The van der Waals surface area contributed by atoms with Crippen molar-refractivity contribution in [3.05, 3.63) is 36.0 Å². The van der Waals surface area contributed by atoms with Gasteiger partial charge in [0.15, 0.2) is 0 Å². The fraction of sp³-hybridized carbons (Fsp3) is 0.308. The Kier molecular flexibility index (Phi) is 2.58. The molecule has 0 amide bonds. The molecule has 0 unspecified atom stereocenters. The number of ether oxygens (including phenoxy) is 1. The Morgan fingerprint density at radius 1 is 1.13 bits per heavy atom. The van der Waals surface area contributed by atoms with E-state index in [0.717, 1.165) is 0 Å². The van der Waals surface area contributed by atoms with Gasteiger partial charge in [-0.3, -0.25) is 0 Å². The Labute approximate surface area is 89.9 Å². The monoisotopic (exact) mass is 201 g/mol. The van der Waals surface area contributed by atoms with Gasteiger partial charge >= 0.3 is 0 Å². The van der Waals surface area contributed by atoms with E-state index < -0.39 is 0 Å². The highest BCUT2D eigenvalue weighted by Gasteiger charge is 2.02. The van der Waals surface area contributed by atoms with Crippen LogP contribution < -0.4 is 4.74 Å². The first kappa shape index (κ1) is 9.97. The van der Waals surface area contributed by atoms with Gasteiger partial charge in [0.1, 0.15) is 0 Å². The molecule has 2 nitrogen and oxygen atoms in total. The minimum Gasteiger partial charge on any atom is -0.481 e. The first-order valence-electron chi connectivity index (χ1n) is 5.14. The summed E-state index contributed by atoms with van der Waals surface area (Å²) in [5.41, 5.74) is 1.34. The highest BCUT2D eigenvalue weighted by atomic mass is 16.5. The summed E-state index contributed by atoms with van der Waals surface area (Å²) in [6, 6.07) is 8.42. The van der Waals surface area contributed by atoms with Gasteiger partial charge in [0.25, 0.3) is 0 Å². The number of fused-ring (bicyclic) bond motifs is 1. The Hall–Kier alpha value is -1.57. The van der Waals surface area contributed by atoms with E-state index in [9.17, 15) is 0 Å². The third kappa shape index (κ3) is 1.94. The van der Waals surface area contributed by atoms with Gasteiger partial charge in [0.2, 0.25) is 5.88 Å². The molecular formula is C13H15NO. The molecule has 0 aliphatic rings. The molecule has 0 radical (unpaired) electrons. The number of aromatic nitrogens is 1. The number of pyridine rings is 1. The van der Waals surface area contributed by atoms with E-state index in [1.54, 1.807) is 7.11 Å². The van der Waals surface area contributed by atoms with Crippen LogP contribution in [0.4, 0.5) is 0 Å². The van der Waals surface area contributed by atoms with Crippen molar-refractivity contribution in [1.29, 1.82) is 0 Å². The fourth-order valence-corrected chi connectivity index (χ4v) is 1.61. The maximum Gasteiger partial charge on any atom is 0.213 e. The summed E-state index contributed by atoms with van der Waals surface area (Å²) in [5, 5.41) is 2.34. The zero-order valence-electron chi connectivity index (χ0n) is 9.32. The van der Waals surface area contributed by atoms with Crippen LogP contribution in [0, 0.1) is 0 Å². The number of methoxy groups -OCH3 is 1. The third-order valence-electron chi connectivity index (χ3n) is 2.60. The molecule has 0 aliphatic heterocycles. The molecular weight excluding hydrogens is 186 g/mol. The van der Waals surface area contributed by atoms with Gasteiger partial charge in [0, 0.05) is 17.6 Å². The van der Waals surface area contributed by atoms with Crippen molar-refractivity contribution >= 4 is 10.8 Å². The van der Waals surface area contributed by atoms with Crippen LogP contribution in [0.15, 0.2) is 30.5 Å². The van der Waals surface area contributed by atoms with Gasteiger partial charge in [-0.05, 0) is 22.9 Å². The van der Waals surface area contributed by atoms with Crippen molar-refractivity contribution in [2.24, 2.45) is 0 Å². The van der Waals surface area contributed by atoms with Crippen LogP contribution in [0.2, 0.25) is 0 Å². The molecule has 15 heavy (non-hydrogen) atoms. The van der Waals surface area contributed by atoms with Crippen LogP contribution in [0.5, 0.6) is 5.88 Å². The van der Waals surface area contributed by atoms with Crippen LogP contribution in [0.3, 0.4) is 0 Å². The summed E-state index contributed by atoms with van der Waals surface area (Å²) in [7, 11) is 1.64. The molecule has 2 heteroatoms. The predicted molar refractivity (Wildman–Crippen MR) is 62.4 cm³/mol. The van der Waals surface area contributed by atoms with Gasteiger partial charge in [-0.1, -0.05) is 26.0 Å². The quantitative estimate of drug-likeness (QED) is 0.743. The average molecular weight is 201 g/mol. The van der Waals surface area contributed by atoms with E-state index in [2.05, 4.69) is 37.0 Å². The van der Waals surface area contributed by atoms with E-state index in [1.165, 1.54) is 16.3 Å². The van der Waals surface area contributed by atoms with Gasteiger partial charge in [-0.25, -0.2) is 4.98 Å². The minimum atomic E-state index is 0.552. The molecule has 1 aromatic heterocycles. The highest BCUT2D eigenvalue weighted by molar-refractivity contribution is 5.83. The molecule has 0 aliphatic carbocycles. The first-order valence-corrected chi connectivity index (χ1v) is 5.14. The predicted octanol–water partition coefficient (Wildman–Crippen LogP) is 3.37. The molecule has 0 spiro atoms. The Morgan fingerprint density at radius 3 is 2.60 bits per heavy atom. The lowest BCUT2D eigenvalue weighted by Gasteiger charge is -2.07. The van der Waals surface area contributed by atoms with Crippen molar-refractivity contribution in [2.75, 3.05) is 7.11 Å². The molecule has 0 saturated heterocycles. The van der Waals surface area contributed by atoms with Crippen molar-refractivity contribution in [3.63, 3.8) is 0 Å². The molecule has 1 heterocycles. The van der Waals surface area contributed by atoms with Crippen LogP contribution >= 0.6 is 0 Å². The number of rotatable bonds is 2. The molecule has 0 atom stereocenters. The molecule has 2 aromatic rings. The summed E-state index contributed by atoms with van der Waals surface area (Å²) >= 11 is 0. The molecule has 0 saturated carbocycles. The van der Waals surface area contributed by atoms with Gasteiger partial charge < -0.3 is 4.74 Å². The molecule has 0 N–H and O–H groups in total. The smallest absolute Gasteiger partial charge is 0.213 e. The van der Waals surface area contributed by atoms with Crippen molar-refractivity contribution in [1.82, 2.24) is 4.98 Å². The van der Waals surface area contributed by atoms with Crippen LogP contribution in [0.1, 0.15) is 25.3 Å². The van der Waals surface area contributed by atoms with Crippen molar-refractivity contribution in [2.45, 2.75) is 19.8 Å². The Bertz CT molecular complexity index is 477. The molecule has 0 fully saturated rings. The van der Waals surface area contributed by atoms with Crippen LogP contribution in [-0.2, 0) is 0 Å². The number of benzene rings is 1. The second-order valence-electron chi connectivity index (χ2n) is 3.99. The zero-order chi connectivity index (χ0) is 10.8. The van der Waals surface area contributed by atoms with E-state index in [0.29, 0.717) is 11.8 Å². The number of nitrogens with zero attached hydrogens (tertiary/aromatic N) is 1. The zero-order valence-corrected chi connectivity index (χ0v) is 9.32. The van der Waals surface area contributed by atoms with Gasteiger partial charge in [-0.2, -0.15) is 0 Å². The summed E-state index contributed by atoms with van der Waals surface area (Å²) in [6.07, 6.45) is 1.86. The fourth-order valence-electron chi connectivity index (χ4n) is 1.61. The normalized spacial score (nSPS) is 10.9. The SMILES string of the molecule is COc1cc2ccc(C(C)C)cc2cn1. The van der Waals surface area contributed by atoms with E-state index in [1.807, 2.05) is 12.3 Å². The van der Waals surface area contributed by atoms with Crippen molar-refractivity contribution < 1.29 is 4.74 Å². The molecule has 0 bridgehead atoms. The topological polar surface area (TPSA) is 22.1 Å². The molecule has 2 rings (SSSR count). The average Bonchev–Trinajstić information content (AvgIpc) is 2.27. The van der Waals surface area contributed by atoms with Crippen molar-refractivity contribution in [3.8, 4) is 5.88 Å². The summed E-state index contributed by atoms with van der Waals surface area (Å²) in [4.78, 5) is 4.20. The number of hydrogen-bond donors (Lipinski definition) is 0. The van der Waals surface area contributed by atoms with E-state index >= 15 is 0 Å². The van der Waals surface area contributed by atoms with Crippen LogP contribution in [0.25, 0.3) is 10.8 Å². The lowest BCUT2D eigenvalue weighted by atomic mass is 10.0. The number of hydrogen-bond acceptors (Lipinski definition) is 2. The first-order chi connectivity index (χ1) is 7.20. The highest BCUT2D eigenvalue weighted by Crippen LogP contribution is 2.22. The second kappa shape index (κ2) is 3.89. The molecule has 78 valence electrons. The van der Waals surface area contributed by atoms with E-state index in [4.69, 9.17) is 4.74 Å². The standard InChI is InChI=1S/C13H15NO/c1-9(2)10-4-5-11-7-13(15-3)14-8-12(11)6-10/h4-9H,1-3H3. The summed E-state index contributed by atoms with van der Waals surface area (Å²) in [6.45, 7) is 4.39. The lowest BCUT2D eigenvalue weighted by Crippen LogP contribution is -1.89. The molecule has 1 aromatic carbocycles. The summed E-state index contributed by atoms with van der Waals surface area (Å²) in [5.74, 6) is 1.22. The lowest BCUT2D eigenvalue weighted by molar-refractivity contribution is 0.399. The Morgan fingerprint density at radius 2 is 1.93 bits per heavy atom. The van der Waals surface area contributed by atoms with Crippen LogP contribution in [-0.4, -0.2) is 12.1 Å².